The van der Waals surface area contributed by atoms with Crippen LogP contribution in [0, 0.1) is 0 Å². The molecular weight excluding hydrogens is 414 g/mol. The number of likely N-dealkylation sites (N-methyl/N-ethyl adjacent to an activating group) is 1. The van der Waals surface area contributed by atoms with Crippen molar-refractivity contribution < 1.29 is 9.53 Å². The summed E-state index contributed by atoms with van der Waals surface area (Å²) < 4.78 is 5.20. The van der Waals surface area contributed by atoms with E-state index in [2.05, 4.69) is 29.5 Å². The SMILES string of the molecule is COc1ccc(C(=O)c2sc3nc4c(c(-c5cccs5)c3c2N)CN(C)CC4)cc1. The number of nitrogens with two attached hydrogens (primary N) is 1. The van der Waals surface area contributed by atoms with Gasteiger partial charge in [-0.25, -0.2) is 4.98 Å². The highest BCUT2D eigenvalue weighted by Crippen LogP contribution is 2.45. The monoisotopic (exact) mass is 435 g/mol. The predicted octanol–water partition coefficient (Wildman–Crippen LogP) is 4.83. The van der Waals surface area contributed by atoms with Gasteiger partial charge in [-0.1, -0.05) is 6.07 Å². The first kappa shape index (κ1) is 19.2. The Kier molecular flexibility index (Phi) is 4.81. The molecule has 0 bridgehead atoms. The lowest BCUT2D eigenvalue weighted by atomic mass is 9.95. The summed E-state index contributed by atoms with van der Waals surface area (Å²) in [6.07, 6.45) is 0.902. The van der Waals surface area contributed by atoms with Crippen LogP contribution in [0.1, 0.15) is 26.5 Å². The summed E-state index contributed by atoms with van der Waals surface area (Å²) in [6, 6.07) is 11.3. The average molecular weight is 436 g/mol. The first-order valence-electron chi connectivity index (χ1n) is 9.71. The summed E-state index contributed by atoms with van der Waals surface area (Å²) in [5, 5.41) is 2.99. The fourth-order valence-corrected chi connectivity index (χ4v) is 5.88. The van der Waals surface area contributed by atoms with E-state index in [0.717, 1.165) is 41.0 Å². The number of methoxy groups -OCH3 is 1. The lowest BCUT2D eigenvalue weighted by molar-refractivity contribution is 0.104. The molecule has 7 heteroatoms. The number of nitrogen functional groups attached to an aromatic ring is 1. The molecule has 0 spiro atoms. The molecule has 0 saturated carbocycles. The Hall–Kier alpha value is -2.74. The summed E-state index contributed by atoms with van der Waals surface area (Å²) in [7, 11) is 3.73. The molecule has 1 aliphatic heterocycles. The van der Waals surface area contributed by atoms with Gasteiger partial charge in [0.05, 0.1) is 12.8 Å². The zero-order chi connectivity index (χ0) is 20.8. The van der Waals surface area contributed by atoms with Gasteiger partial charge in [-0.2, -0.15) is 0 Å². The average Bonchev–Trinajstić information content (AvgIpc) is 3.40. The van der Waals surface area contributed by atoms with E-state index < -0.39 is 0 Å². The molecule has 1 aromatic carbocycles. The van der Waals surface area contributed by atoms with Crippen molar-refractivity contribution >= 4 is 44.4 Å². The third-order valence-electron chi connectivity index (χ3n) is 5.55. The van der Waals surface area contributed by atoms with E-state index in [9.17, 15) is 4.79 Å². The number of carbonyl (C=O) groups is 1. The maximum absolute atomic E-state index is 13.3. The summed E-state index contributed by atoms with van der Waals surface area (Å²) in [5.41, 5.74) is 11.2. The van der Waals surface area contributed by atoms with Crippen LogP contribution in [0.3, 0.4) is 0 Å². The summed E-state index contributed by atoms with van der Waals surface area (Å²) >= 11 is 3.09. The number of pyridine rings is 1. The van der Waals surface area contributed by atoms with Gasteiger partial charge in [-0.05, 0) is 48.3 Å². The van der Waals surface area contributed by atoms with Crippen molar-refractivity contribution in [1.29, 1.82) is 0 Å². The number of carbonyl (C=O) groups excluding carboxylic acids is 1. The van der Waals surface area contributed by atoms with Crippen molar-refractivity contribution in [2.45, 2.75) is 13.0 Å². The number of hydrogen-bond donors (Lipinski definition) is 1. The van der Waals surface area contributed by atoms with Crippen LogP contribution in [0.15, 0.2) is 41.8 Å². The fourth-order valence-electron chi connectivity index (χ4n) is 3.99. The zero-order valence-electron chi connectivity index (χ0n) is 16.8. The number of ether oxygens (including phenoxy) is 1. The Morgan fingerprint density at radius 2 is 2.03 bits per heavy atom. The van der Waals surface area contributed by atoms with E-state index in [1.807, 2.05) is 0 Å². The maximum atomic E-state index is 13.3. The molecule has 1 aliphatic rings. The first-order chi connectivity index (χ1) is 14.6. The topological polar surface area (TPSA) is 68.4 Å². The predicted molar refractivity (Wildman–Crippen MR) is 124 cm³/mol. The Morgan fingerprint density at radius 3 is 2.73 bits per heavy atom. The minimum absolute atomic E-state index is 0.0784. The number of nitrogens with zero attached hydrogens (tertiary/aromatic N) is 2. The summed E-state index contributed by atoms with van der Waals surface area (Å²) in [5.74, 6) is 0.639. The van der Waals surface area contributed by atoms with Crippen molar-refractivity contribution in [1.82, 2.24) is 9.88 Å². The lowest BCUT2D eigenvalue weighted by Crippen LogP contribution is -2.27. The number of aromatic nitrogens is 1. The van der Waals surface area contributed by atoms with Crippen molar-refractivity contribution in [3.63, 3.8) is 0 Å². The molecule has 30 heavy (non-hydrogen) atoms. The van der Waals surface area contributed by atoms with Crippen molar-refractivity contribution in [3.05, 3.63) is 63.5 Å². The Morgan fingerprint density at radius 1 is 1.23 bits per heavy atom. The van der Waals surface area contributed by atoms with Crippen LogP contribution in [-0.4, -0.2) is 36.4 Å². The van der Waals surface area contributed by atoms with Gasteiger partial charge in [0, 0.05) is 46.6 Å². The normalized spacial score (nSPS) is 14.1. The molecule has 0 unspecified atom stereocenters. The zero-order valence-corrected chi connectivity index (χ0v) is 18.4. The molecule has 0 aliphatic carbocycles. The summed E-state index contributed by atoms with van der Waals surface area (Å²) in [4.78, 5) is 23.1. The second-order valence-corrected chi connectivity index (χ2v) is 9.41. The molecule has 4 heterocycles. The largest absolute Gasteiger partial charge is 0.497 e. The Labute approximate surface area is 182 Å². The number of benzene rings is 1. The van der Waals surface area contributed by atoms with Crippen LogP contribution < -0.4 is 10.5 Å². The lowest BCUT2D eigenvalue weighted by Gasteiger charge is -2.26. The van der Waals surface area contributed by atoms with Gasteiger partial charge in [0.15, 0.2) is 0 Å². The van der Waals surface area contributed by atoms with E-state index in [4.69, 9.17) is 15.5 Å². The standard InChI is InChI=1S/C23H21N3O2S2/c1-26-10-9-16-15(12-26)18(17-4-3-11-29-17)19-20(24)22(30-23(19)25-16)21(27)13-5-7-14(28-2)8-6-13/h3-8,11H,9-10,12,24H2,1-2H3. The van der Waals surface area contributed by atoms with Gasteiger partial charge in [0.2, 0.25) is 5.78 Å². The first-order valence-corrected chi connectivity index (χ1v) is 11.4. The Balaban J connectivity index is 1.72. The molecule has 5 rings (SSSR count). The van der Waals surface area contributed by atoms with Gasteiger partial charge < -0.3 is 15.4 Å². The number of hydrogen-bond acceptors (Lipinski definition) is 7. The van der Waals surface area contributed by atoms with Crippen LogP contribution in [0.2, 0.25) is 0 Å². The Bertz CT molecular complexity index is 1240. The molecule has 0 saturated heterocycles. The van der Waals surface area contributed by atoms with Crippen molar-refractivity contribution in [2.24, 2.45) is 0 Å². The van der Waals surface area contributed by atoms with E-state index in [1.165, 1.54) is 21.8 Å². The molecular formula is C23H21N3O2S2. The smallest absolute Gasteiger partial charge is 0.205 e. The van der Waals surface area contributed by atoms with Gasteiger partial charge in [-0.15, -0.1) is 22.7 Å². The van der Waals surface area contributed by atoms with Crippen LogP contribution in [0.5, 0.6) is 5.75 Å². The summed E-state index contributed by atoms with van der Waals surface area (Å²) in [6.45, 7) is 1.82. The molecule has 2 N–H and O–H groups in total. The van der Waals surface area contributed by atoms with E-state index >= 15 is 0 Å². The van der Waals surface area contributed by atoms with E-state index in [-0.39, 0.29) is 5.78 Å². The van der Waals surface area contributed by atoms with E-state index in [1.54, 1.807) is 42.7 Å². The molecule has 3 aromatic heterocycles. The van der Waals surface area contributed by atoms with Gasteiger partial charge in [-0.3, -0.25) is 4.79 Å². The third-order valence-corrected chi connectivity index (χ3v) is 7.53. The highest BCUT2D eigenvalue weighted by atomic mass is 32.1. The molecule has 4 aromatic rings. The highest BCUT2D eigenvalue weighted by molar-refractivity contribution is 7.21. The fraction of sp³-hybridized carbons (Fsp3) is 0.217. The second kappa shape index (κ2) is 7.50. The van der Waals surface area contributed by atoms with Crippen molar-refractivity contribution in [3.8, 4) is 16.2 Å². The quantitative estimate of drug-likeness (QED) is 0.465. The minimum atomic E-state index is -0.0784. The minimum Gasteiger partial charge on any atom is -0.497 e. The number of anilines is 1. The highest BCUT2D eigenvalue weighted by Gasteiger charge is 2.27. The van der Waals surface area contributed by atoms with Crippen molar-refractivity contribution in [2.75, 3.05) is 26.4 Å². The second-order valence-electron chi connectivity index (χ2n) is 7.46. The maximum Gasteiger partial charge on any atom is 0.205 e. The molecule has 0 fully saturated rings. The molecule has 0 amide bonds. The number of thiophene rings is 2. The molecule has 0 radical (unpaired) electrons. The molecule has 152 valence electrons. The number of rotatable bonds is 4. The number of ketones is 1. The number of fused-ring (bicyclic) bond motifs is 2. The molecule has 5 nitrogen and oxygen atoms in total. The van der Waals surface area contributed by atoms with Gasteiger partial charge in [0.25, 0.3) is 0 Å². The van der Waals surface area contributed by atoms with Gasteiger partial charge in [0.1, 0.15) is 15.5 Å². The van der Waals surface area contributed by atoms with Crippen LogP contribution in [-0.2, 0) is 13.0 Å². The van der Waals surface area contributed by atoms with Crippen LogP contribution in [0.25, 0.3) is 20.7 Å². The molecule has 0 atom stereocenters. The van der Waals surface area contributed by atoms with Gasteiger partial charge >= 0.3 is 0 Å². The van der Waals surface area contributed by atoms with E-state index in [0.29, 0.717) is 21.9 Å². The van der Waals surface area contributed by atoms with Crippen LogP contribution in [0.4, 0.5) is 5.69 Å². The third kappa shape index (κ3) is 3.10. The van der Waals surface area contributed by atoms with Crippen LogP contribution >= 0.6 is 22.7 Å².